The number of aromatic nitrogens is 2. The fraction of sp³-hybridized carbons (Fsp3) is 0.313. The Morgan fingerprint density at radius 1 is 0.493 bits per heavy atom. The van der Waals surface area contributed by atoms with Crippen molar-refractivity contribution in [3.63, 3.8) is 0 Å². The van der Waals surface area contributed by atoms with E-state index in [1.807, 2.05) is 36.4 Å². The fourth-order valence-electron chi connectivity index (χ4n) is 9.69. The van der Waals surface area contributed by atoms with Gasteiger partial charge >= 0.3 is 5.97 Å². The maximum Gasteiger partial charge on any atom is 0.306 e. The number of carbonyl (C=O) groups excluding carboxylic acids is 2. The average molecular weight is 999 g/mol. The molecule has 0 N–H and O–H groups in total. The van der Waals surface area contributed by atoms with Crippen molar-refractivity contribution in [3.8, 4) is 22.5 Å². The second-order valence-corrected chi connectivity index (χ2v) is 20.2. The fourth-order valence-corrected chi connectivity index (χ4v) is 9.69. The quantitative estimate of drug-likeness (QED) is 0.0372. The van der Waals surface area contributed by atoms with Crippen LogP contribution < -0.4 is 9.80 Å². The second-order valence-electron chi connectivity index (χ2n) is 20.2. The topological polar surface area (TPSA) is 84.9 Å². The molecule has 0 spiro atoms. The molecule has 8 nitrogen and oxygen atoms in total. The van der Waals surface area contributed by atoms with Gasteiger partial charge in [-0.1, -0.05) is 164 Å². The molecule has 0 saturated heterocycles. The summed E-state index contributed by atoms with van der Waals surface area (Å²) in [5, 5.41) is 0. The average Bonchev–Trinajstić information content (AvgIpc) is 3.46. The standard InChI is InChI=1S/C67H74N4O4/c1-6-9-19-47-67(4,5)63(72)45-31-50-27-37-56(38-28-50)70(54-20-13-11-14-21-54)58-41-33-52(34-42-58)65-66(69-62-26-18-17-25-61(62)68-65)53-35-43-59(44-36-53)71(55-22-15-12-16-23-55)57-39-29-51(30-40-57)32-46-64(73)75-49-48-74-60(8-3)24-10-7-2/h11-18,20-23,25-30,33-44,60H,6-10,19,24,31-32,45-49H2,1-5H3. The summed E-state index contributed by atoms with van der Waals surface area (Å²) in [6.45, 7) is 11.4. The number of ketones is 1. The van der Waals surface area contributed by atoms with Crippen LogP contribution >= 0.6 is 0 Å². The predicted octanol–water partition coefficient (Wildman–Crippen LogP) is 17.5. The highest BCUT2D eigenvalue weighted by Crippen LogP contribution is 2.40. The van der Waals surface area contributed by atoms with Crippen molar-refractivity contribution in [1.29, 1.82) is 0 Å². The van der Waals surface area contributed by atoms with Gasteiger partial charge in [0.15, 0.2) is 0 Å². The van der Waals surface area contributed by atoms with Crippen LogP contribution in [-0.2, 0) is 31.9 Å². The first-order valence-corrected chi connectivity index (χ1v) is 27.3. The SMILES string of the molecule is CCCCCC(C)(C)C(=O)CCc1ccc(N(c2ccccc2)c2ccc(-c3nc4ccccc4nc3-c3ccc(N(c4ccccc4)c4ccc(CCC(=O)OCCOC(CC)CCCC)cc4)cc3)cc2)cc1. The largest absolute Gasteiger partial charge is 0.463 e. The normalized spacial score (nSPS) is 11.9. The molecule has 0 bridgehead atoms. The van der Waals surface area contributed by atoms with Gasteiger partial charge in [-0.25, -0.2) is 9.97 Å². The van der Waals surface area contributed by atoms with Gasteiger partial charge in [-0.2, -0.15) is 0 Å². The van der Waals surface area contributed by atoms with Crippen LogP contribution in [0.15, 0.2) is 182 Å². The molecule has 0 radical (unpaired) electrons. The van der Waals surface area contributed by atoms with Gasteiger partial charge in [0.1, 0.15) is 12.4 Å². The number of para-hydroxylation sites is 4. The molecule has 0 saturated carbocycles. The van der Waals surface area contributed by atoms with Crippen LogP contribution in [0.2, 0.25) is 0 Å². The van der Waals surface area contributed by atoms with Gasteiger partial charge in [0.05, 0.1) is 35.1 Å². The molecule has 8 rings (SSSR count). The second kappa shape index (κ2) is 26.7. The summed E-state index contributed by atoms with van der Waals surface area (Å²) in [6.07, 6.45) is 11.1. The highest BCUT2D eigenvalue weighted by atomic mass is 16.6. The number of hydrogen-bond acceptors (Lipinski definition) is 8. The number of esters is 1. The first-order chi connectivity index (χ1) is 36.6. The lowest BCUT2D eigenvalue weighted by Crippen LogP contribution is -2.24. The van der Waals surface area contributed by atoms with E-state index in [4.69, 9.17) is 19.4 Å². The Labute approximate surface area is 445 Å². The molecular weight excluding hydrogens is 925 g/mol. The van der Waals surface area contributed by atoms with Crippen LogP contribution in [0.25, 0.3) is 33.5 Å². The number of Topliss-reactive ketones (excluding diaryl/α,β-unsaturated/α-hetero) is 1. The molecule has 8 heteroatoms. The van der Waals surface area contributed by atoms with Crippen LogP contribution in [0, 0.1) is 5.41 Å². The monoisotopic (exact) mass is 999 g/mol. The first-order valence-electron chi connectivity index (χ1n) is 27.3. The van der Waals surface area contributed by atoms with Crippen molar-refractivity contribution >= 4 is 56.9 Å². The molecule has 7 aromatic carbocycles. The molecule has 0 aliphatic carbocycles. The Bertz CT molecular complexity index is 3030. The zero-order valence-electron chi connectivity index (χ0n) is 44.7. The van der Waals surface area contributed by atoms with Gasteiger partial charge in [0.2, 0.25) is 0 Å². The molecule has 0 amide bonds. The number of fused-ring (bicyclic) bond motifs is 1. The van der Waals surface area contributed by atoms with Gasteiger partial charge in [-0.05, 0) is 128 Å². The number of nitrogens with zero attached hydrogens (tertiary/aromatic N) is 4. The molecule has 0 aliphatic rings. The predicted molar refractivity (Wildman–Crippen MR) is 310 cm³/mol. The lowest BCUT2D eigenvalue weighted by molar-refractivity contribution is -0.145. The molecule has 1 aromatic heterocycles. The molecule has 0 aliphatic heterocycles. The Hall–Kier alpha value is -7.42. The number of ether oxygens (including phenoxy) is 2. The van der Waals surface area contributed by atoms with E-state index in [1.165, 1.54) is 6.42 Å². The van der Waals surface area contributed by atoms with E-state index in [2.05, 4.69) is 190 Å². The number of unbranched alkanes of at least 4 members (excludes halogenated alkanes) is 3. The Morgan fingerprint density at radius 2 is 0.920 bits per heavy atom. The third kappa shape index (κ3) is 14.5. The number of hydrogen-bond donors (Lipinski definition) is 0. The van der Waals surface area contributed by atoms with Gasteiger partial charge < -0.3 is 19.3 Å². The molecule has 75 heavy (non-hydrogen) atoms. The zero-order chi connectivity index (χ0) is 52.4. The van der Waals surface area contributed by atoms with Gasteiger partial charge in [0.25, 0.3) is 0 Å². The van der Waals surface area contributed by atoms with Crippen LogP contribution in [0.3, 0.4) is 0 Å². The summed E-state index contributed by atoms with van der Waals surface area (Å²) >= 11 is 0. The van der Waals surface area contributed by atoms with Gasteiger partial charge in [-0.3, -0.25) is 9.59 Å². The Morgan fingerprint density at radius 3 is 1.37 bits per heavy atom. The summed E-state index contributed by atoms with van der Waals surface area (Å²) in [6, 6.07) is 63.0. The number of benzene rings is 7. The van der Waals surface area contributed by atoms with E-state index >= 15 is 0 Å². The summed E-state index contributed by atoms with van der Waals surface area (Å²) in [4.78, 5) is 41.0. The Balaban J connectivity index is 1.00. The van der Waals surface area contributed by atoms with Gasteiger partial charge in [-0.15, -0.1) is 0 Å². The number of carbonyl (C=O) groups is 2. The number of aryl methyl sites for hydroxylation is 2. The third-order valence-electron chi connectivity index (χ3n) is 14.2. The van der Waals surface area contributed by atoms with Crippen molar-refractivity contribution in [2.45, 2.75) is 118 Å². The minimum atomic E-state index is -0.292. The van der Waals surface area contributed by atoms with Gasteiger partial charge in [0, 0.05) is 63.5 Å². The van der Waals surface area contributed by atoms with Crippen molar-refractivity contribution < 1.29 is 19.1 Å². The smallest absolute Gasteiger partial charge is 0.306 e. The van der Waals surface area contributed by atoms with E-state index in [0.717, 1.165) is 130 Å². The molecule has 1 heterocycles. The number of rotatable bonds is 27. The third-order valence-corrected chi connectivity index (χ3v) is 14.2. The molecule has 8 aromatic rings. The summed E-state index contributed by atoms with van der Waals surface area (Å²) in [5.74, 6) is 0.130. The summed E-state index contributed by atoms with van der Waals surface area (Å²) in [7, 11) is 0. The van der Waals surface area contributed by atoms with Crippen molar-refractivity contribution in [3.05, 3.63) is 193 Å². The molecule has 1 atom stereocenters. The maximum atomic E-state index is 13.3. The molecule has 1 unspecified atom stereocenters. The van der Waals surface area contributed by atoms with Crippen molar-refractivity contribution in [2.75, 3.05) is 23.0 Å². The highest BCUT2D eigenvalue weighted by molar-refractivity contribution is 5.88. The summed E-state index contributed by atoms with van der Waals surface area (Å²) in [5.41, 5.74) is 13.2. The van der Waals surface area contributed by atoms with Crippen LogP contribution in [0.4, 0.5) is 34.1 Å². The number of anilines is 6. The minimum Gasteiger partial charge on any atom is -0.463 e. The molecular formula is C67H74N4O4. The molecule has 0 fully saturated rings. The van der Waals surface area contributed by atoms with Crippen LogP contribution in [0.5, 0.6) is 0 Å². The highest BCUT2D eigenvalue weighted by Gasteiger charge is 2.26. The van der Waals surface area contributed by atoms with E-state index in [-0.39, 0.29) is 24.1 Å². The molecule has 386 valence electrons. The lowest BCUT2D eigenvalue weighted by Gasteiger charge is -2.26. The van der Waals surface area contributed by atoms with Crippen LogP contribution in [0.1, 0.15) is 110 Å². The first kappa shape index (κ1) is 53.9. The van der Waals surface area contributed by atoms with E-state index in [1.54, 1.807) is 0 Å². The Kier molecular flexibility index (Phi) is 19.2. The van der Waals surface area contributed by atoms with E-state index in [0.29, 0.717) is 31.7 Å². The van der Waals surface area contributed by atoms with E-state index < -0.39 is 0 Å². The van der Waals surface area contributed by atoms with Crippen molar-refractivity contribution in [1.82, 2.24) is 9.97 Å². The van der Waals surface area contributed by atoms with Crippen LogP contribution in [-0.4, -0.2) is 41.0 Å². The van der Waals surface area contributed by atoms with Crippen molar-refractivity contribution in [2.24, 2.45) is 5.41 Å². The zero-order valence-corrected chi connectivity index (χ0v) is 44.7. The maximum absolute atomic E-state index is 13.3. The van der Waals surface area contributed by atoms with E-state index in [9.17, 15) is 9.59 Å². The summed E-state index contributed by atoms with van der Waals surface area (Å²) < 4.78 is 11.5. The minimum absolute atomic E-state index is 0.210. The lowest BCUT2D eigenvalue weighted by atomic mass is 9.80.